The molecule has 106 valence electrons. The van der Waals surface area contributed by atoms with Gasteiger partial charge in [-0.1, -0.05) is 30.3 Å². The Hall–Kier alpha value is -2.43. The van der Waals surface area contributed by atoms with Gasteiger partial charge < -0.3 is 10.2 Å². The molecule has 0 saturated carbocycles. The van der Waals surface area contributed by atoms with E-state index >= 15 is 0 Å². The highest BCUT2D eigenvalue weighted by atomic mass is 16.2. The number of hydrogen-bond acceptors (Lipinski definition) is 3. The van der Waals surface area contributed by atoms with Crippen LogP contribution in [0.1, 0.15) is 12.5 Å². The van der Waals surface area contributed by atoms with Crippen molar-refractivity contribution in [3.63, 3.8) is 0 Å². The average molecular weight is 274 g/mol. The van der Waals surface area contributed by atoms with E-state index in [1.165, 1.54) is 25.1 Å². The Morgan fingerprint density at radius 3 is 2.35 bits per heavy atom. The largest absolute Gasteiger partial charge is 0.357 e. The number of aldehydes is 1. The molecule has 5 heteroatoms. The van der Waals surface area contributed by atoms with E-state index < -0.39 is 11.9 Å². The van der Waals surface area contributed by atoms with Gasteiger partial charge in [0.1, 0.15) is 6.04 Å². The number of rotatable bonds is 5. The molecule has 0 bridgehead atoms. The molecule has 1 rings (SSSR count). The molecule has 0 spiro atoms. The number of nitrogens with zero attached hydrogens (tertiary/aromatic N) is 1. The van der Waals surface area contributed by atoms with Gasteiger partial charge in [-0.3, -0.25) is 14.4 Å². The lowest BCUT2D eigenvalue weighted by Crippen LogP contribution is -2.45. The molecule has 0 aliphatic carbocycles. The highest BCUT2D eigenvalue weighted by molar-refractivity contribution is 6.15. The maximum atomic E-state index is 12.2. The van der Waals surface area contributed by atoms with Crippen LogP contribution in [0.2, 0.25) is 0 Å². The Morgan fingerprint density at radius 2 is 1.85 bits per heavy atom. The van der Waals surface area contributed by atoms with E-state index in [1.807, 2.05) is 18.2 Å². The highest BCUT2D eigenvalue weighted by Gasteiger charge is 2.23. The molecule has 0 aromatic heterocycles. The normalized spacial score (nSPS) is 12.4. The molecular formula is C15H18N2O3. The van der Waals surface area contributed by atoms with Gasteiger partial charge >= 0.3 is 0 Å². The zero-order chi connectivity index (χ0) is 15.1. The van der Waals surface area contributed by atoms with Crippen molar-refractivity contribution in [2.24, 2.45) is 0 Å². The Kier molecular flexibility index (Phi) is 5.65. The first-order valence-electron chi connectivity index (χ1n) is 6.22. The van der Waals surface area contributed by atoms with Crippen LogP contribution in [-0.4, -0.2) is 43.1 Å². The van der Waals surface area contributed by atoms with Crippen molar-refractivity contribution in [3.05, 3.63) is 41.5 Å². The number of nitrogens with one attached hydrogen (secondary N) is 1. The van der Waals surface area contributed by atoms with Gasteiger partial charge in [-0.2, -0.15) is 0 Å². The van der Waals surface area contributed by atoms with Gasteiger partial charge in [0.05, 0.1) is 5.57 Å². The van der Waals surface area contributed by atoms with Crippen molar-refractivity contribution in [2.75, 3.05) is 14.1 Å². The summed E-state index contributed by atoms with van der Waals surface area (Å²) in [5.41, 5.74) is 0.762. The lowest BCUT2D eigenvalue weighted by atomic mass is 10.1. The van der Waals surface area contributed by atoms with Crippen molar-refractivity contribution in [1.29, 1.82) is 0 Å². The van der Waals surface area contributed by atoms with Crippen LogP contribution in [0, 0.1) is 0 Å². The summed E-state index contributed by atoms with van der Waals surface area (Å²) in [6.07, 6.45) is 2.00. The van der Waals surface area contributed by atoms with Crippen LogP contribution in [0.25, 0.3) is 6.08 Å². The van der Waals surface area contributed by atoms with Gasteiger partial charge in [-0.15, -0.1) is 0 Å². The zero-order valence-electron chi connectivity index (χ0n) is 11.8. The molecule has 1 atom stereocenters. The maximum absolute atomic E-state index is 12.2. The number of amides is 2. The quantitative estimate of drug-likeness (QED) is 0.375. The van der Waals surface area contributed by atoms with Crippen LogP contribution in [0.15, 0.2) is 35.9 Å². The van der Waals surface area contributed by atoms with Crippen LogP contribution < -0.4 is 5.32 Å². The first-order valence-corrected chi connectivity index (χ1v) is 6.22. The molecule has 0 radical (unpaired) electrons. The van der Waals surface area contributed by atoms with Crippen LogP contribution in [0.4, 0.5) is 0 Å². The minimum atomic E-state index is -0.647. The highest BCUT2D eigenvalue weighted by Crippen LogP contribution is 2.09. The molecule has 0 aliphatic rings. The van der Waals surface area contributed by atoms with E-state index in [0.717, 1.165) is 5.56 Å². The van der Waals surface area contributed by atoms with E-state index in [1.54, 1.807) is 19.1 Å². The standard InChI is InChI=1S/C15H18N2O3/c1-11(14(19)16-2)17(3)15(20)13(10-18)9-12-7-5-4-6-8-12/h4-11H,1-3H3,(H,16,19). The Labute approximate surface area is 118 Å². The number of benzene rings is 1. The molecule has 5 nitrogen and oxygen atoms in total. The first-order chi connectivity index (χ1) is 9.51. The predicted octanol–water partition coefficient (Wildman–Crippen LogP) is 0.862. The second kappa shape index (κ2) is 7.23. The molecule has 0 heterocycles. The predicted molar refractivity (Wildman–Crippen MR) is 76.8 cm³/mol. The van der Waals surface area contributed by atoms with Gasteiger partial charge in [0, 0.05) is 14.1 Å². The van der Waals surface area contributed by atoms with Gasteiger partial charge in [0.15, 0.2) is 6.29 Å². The molecule has 2 amide bonds. The summed E-state index contributed by atoms with van der Waals surface area (Å²) in [5.74, 6) is -0.772. The van der Waals surface area contributed by atoms with Gasteiger partial charge in [0.2, 0.25) is 5.91 Å². The van der Waals surface area contributed by atoms with E-state index in [-0.39, 0.29) is 11.5 Å². The zero-order valence-corrected chi connectivity index (χ0v) is 11.8. The summed E-state index contributed by atoms with van der Waals surface area (Å²) in [5, 5.41) is 2.47. The molecule has 1 unspecified atom stereocenters. The summed E-state index contributed by atoms with van der Waals surface area (Å²) in [6.45, 7) is 1.60. The van der Waals surface area contributed by atoms with Gasteiger partial charge in [-0.25, -0.2) is 0 Å². The average Bonchev–Trinajstić information content (AvgIpc) is 2.50. The molecule has 1 N–H and O–H groups in total. The van der Waals surface area contributed by atoms with Crippen LogP contribution in [-0.2, 0) is 14.4 Å². The Balaban J connectivity index is 2.95. The van der Waals surface area contributed by atoms with Crippen molar-refractivity contribution in [3.8, 4) is 0 Å². The third kappa shape index (κ3) is 3.78. The van der Waals surface area contributed by atoms with Crippen LogP contribution in [0.3, 0.4) is 0 Å². The number of likely N-dealkylation sites (N-methyl/N-ethyl adjacent to an activating group) is 2. The first kappa shape index (κ1) is 15.6. The fourth-order valence-electron chi connectivity index (χ4n) is 1.64. The van der Waals surface area contributed by atoms with Crippen LogP contribution in [0.5, 0.6) is 0 Å². The second-order valence-corrected chi connectivity index (χ2v) is 4.33. The molecule has 0 saturated heterocycles. The van der Waals surface area contributed by atoms with E-state index in [0.29, 0.717) is 6.29 Å². The monoisotopic (exact) mass is 274 g/mol. The lowest BCUT2D eigenvalue weighted by Gasteiger charge is -2.23. The van der Waals surface area contributed by atoms with E-state index in [2.05, 4.69) is 5.32 Å². The van der Waals surface area contributed by atoms with E-state index in [4.69, 9.17) is 0 Å². The Bertz CT molecular complexity index is 523. The minimum Gasteiger partial charge on any atom is -0.357 e. The fraction of sp³-hybridized carbons (Fsp3) is 0.267. The van der Waals surface area contributed by atoms with Crippen molar-refractivity contribution < 1.29 is 14.4 Å². The smallest absolute Gasteiger partial charge is 0.257 e. The SMILES string of the molecule is CNC(=O)C(C)N(C)C(=O)C(C=O)=Cc1ccccc1. The topological polar surface area (TPSA) is 66.5 Å². The van der Waals surface area contributed by atoms with Gasteiger partial charge in [0.25, 0.3) is 5.91 Å². The maximum Gasteiger partial charge on any atom is 0.257 e. The summed E-state index contributed by atoms with van der Waals surface area (Å²) >= 11 is 0. The number of hydrogen-bond donors (Lipinski definition) is 1. The fourth-order valence-corrected chi connectivity index (χ4v) is 1.64. The number of carbonyl (C=O) groups is 3. The van der Waals surface area contributed by atoms with Crippen LogP contribution >= 0.6 is 0 Å². The molecule has 0 aliphatic heterocycles. The molecule has 0 fully saturated rings. The molecule has 1 aromatic rings. The van der Waals surface area contributed by atoms with Crippen molar-refractivity contribution in [1.82, 2.24) is 10.2 Å². The summed E-state index contributed by atoms with van der Waals surface area (Å²) in [6, 6.07) is 8.41. The molecular weight excluding hydrogens is 256 g/mol. The molecule has 1 aromatic carbocycles. The summed E-state index contributed by atoms with van der Waals surface area (Å²) < 4.78 is 0. The minimum absolute atomic E-state index is 0.00875. The van der Waals surface area contributed by atoms with E-state index in [9.17, 15) is 14.4 Å². The van der Waals surface area contributed by atoms with Gasteiger partial charge in [-0.05, 0) is 18.6 Å². The third-order valence-corrected chi connectivity index (χ3v) is 3.02. The van der Waals surface area contributed by atoms with Crippen molar-refractivity contribution >= 4 is 24.2 Å². The third-order valence-electron chi connectivity index (χ3n) is 3.02. The summed E-state index contributed by atoms with van der Waals surface area (Å²) in [7, 11) is 2.99. The number of carbonyl (C=O) groups excluding carboxylic acids is 3. The lowest BCUT2D eigenvalue weighted by molar-refractivity contribution is -0.135. The summed E-state index contributed by atoms with van der Waals surface area (Å²) in [4.78, 5) is 36.0. The van der Waals surface area contributed by atoms with Crippen molar-refractivity contribution in [2.45, 2.75) is 13.0 Å². The molecule has 20 heavy (non-hydrogen) atoms. The second-order valence-electron chi connectivity index (χ2n) is 4.33. The Morgan fingerprint density at radius 1 is 1.25 bits per heavy atom.